The van der Waals surface area contributed by atoms with E-state index in [-0.39, 0.29) is 31.2 Å². The van der Waals surface area contributed by atoms with Gasteiger partial charge in [0.05, 0.1) is 36.9 Å². The average molecular weight is 482 g/mol. The quantitative estimate of drug-likeness (QED) is 0.395. The van der Waals surface area contributed by atoms with Crippen molar-refractivity contribution in [2.24, 2.45) is 0 Å². The van der Waals surface area contributed by atoms with Gasteiger partial charge in [0.15, 0.2) is 5.13 Å². The van der Waals surface area contributed by atoms with Gasteiger partial charge < -0.3 is 10.2 Å². The SMILES string of the molecule is CN(C)Cc1csc(NC(=O)CN2C(=O)c3c(Cl)c(Cl)c(Cl)c(Cl)c3C2=O)n1. The third-order valence-corrected chi connectivity index (χ3v) is 6.37. The molecule has 0 fully saturated rings. The highest BCUT2D eigenvalue weighted by Gasteiger charge is 2.42. The molecule has 28 heavy (non-hydrogen) atoms. The van der Waals surface area contributed by atoms with E-state index in [1.165, 1.54) is 11.3 Å². The van der Waals surface area contributed by atoms with Crippen molar-refractivity contribution in [2.75, 3.05) is 26.0 Å². The minimum Gasteiger partial charge on any atom is -0.304 e. The molecule has 3 rings (SSSR count). The van der Waals surface area contributed by atoms with Crippen LogP contribution in [-0.2, 0) is 11.3 Å². The molecular weight excluding hydrogens is 470 g/mol. The van der Waals surface area contributed by atoms with Crippen LogP contribution in [0.1, 0.15) is 26.4 Å². The Morgan fingerprint density at radius 2 is 1.61 bits per heavy atom. The summed E-state index contributed by atoms with van der Waals surface area (Å²) in [4.78, 5) is 44.5. The van der Waals surface area contributed by atoms with E-state index in [1.54, 1.807) is 5.38 Å². The zero-order chi connectivity index (χ0) is 20.7. The minimum atomic E-state index is -0.770. The predicted octanol–water partition coefficient (Wildman–Crippen LogP) is 4.05. The first kappa shape index (κ1) is 21.3. The van der Waals surface area contributed by atoms with Crippen molar-refractivity contribution >= 4 is 80.6 Å². The Morgan fingerprint density at radius 1 is 1.07 bits per heavy atom. The summed E-state index contributed by atoms with van der Waals surface area (Å²) in [5.74, 6) is -2.13. The highest BCUT2D eigenvalue weighted by Crippen LogP contribution is 2.44. The summed E-state index contributed by atoms with van der Waals surface area (Å²) in [6, 6.07) is 0. The van der Waals surface area contributed by atoms with Gasteiger partial charge >= 0.3 is 0 Å². The number of carbonyl (C=O) groups is 3. The zero-order valence-corrected chi connectivity index (χ0v) is 18.3. The molecular formula is C16H12Cl4N4O3S. The molecule has 0 saturated heterocycles. The number of hydrogen-bond donors (Lipinski definition) is 1. The second-order valence-corrected chi connectivity index (χ2v) is 8.50. The first-order valence-corrected chi connectivity index (χ1v) is 10.1. The van der Waals surface area contributed by atoms with Crippen LogP contribution in [0.3, 0.4) is 0 Å². The first-order valence-electron chi connectivity index (χ1n) is 7.73. The van der Waals surface area contributed by atoms with Gasteiger partial charge in [-0.25, -0.2) is 4.98 Å². The number of carbonyl (C=O) groups excluding carboxylic acids is 3. The third kappa shape index (κ3) is 3.85. The molecule has 12 heteroatoms. The van der Waals surface area contributed by atoms with E-state index in [0.29, 0.717) is 11.7 Å². The van der Waals surface area contributed by atoms with Crippen molar-refractivity contribution in [1.82, 2.24) is 14.8 Å². The zero-order valence-electron chi connectivity index (χ0n) is 14.5. The maximum atomic E-state index is 12.6. The fourth-order valence-electron chi connectivity index (χ4n) is 2.60. The van der Waals surface area contributed by atoms with Gasteiger partial charge in [0.1, 0.15) is 6.54 Å². The second-order valence-electron chi connectivity index (χ2n) is 6.13. The second kappa shape index (κ2) is 8.14. The van der Waals surface area contributed by atoms with Crippen molar-refractivity contribution in [1.29, 1.82) is 0 Å². The Bertz CT molecular complexity index is 961. The molecule has 0 bridgehead atoms. The van der Waals surface area contributed by atoms with Gasteiger partial charge in [-0.15, -0.1) is 11.3 Å². The van der Waals surface area contributed by atoms with Crippen LogP contribution >= 0.6 is 57.7 Å². The maximum absolute atomic E-state index is 12.6. The topological polar surface area (TPSA) is 82.6 Å². The number of amides is 3. The summed E-state index contributed by atoms with van der Waals surface area (Å²) >= 11 is 25.3. The molecule has 0 aliphatic carbocycles. The van der Waals surface area contributed by atoms with Gasteiger partial charge in [-0.2, -0.15) is 0 Å². The van der Waals surface area contributed by atoms with Gasteiger partial charge in [0.25, 0.3) is 11.8 Å². The van der Waals surface area contributed by atoms with Crippen molar-refractivity contribution < 1.29 is 14.4 Å². The van der Waals surface area contributed by atoms with E-state index in [2.05, 4.69) is 10.3 Å². The van der Waals surface area contributed by atoms with Gasteiger partial charge in [-0.05, 0) is 14.1 Å². The fourth-order valence-corrected chi connectivity index (χ4v) is 4.33. The summed E-state index contributed by atoms with van der Waals surface area (Å²) in [5.41, 5.74) is 0.455. The Kier molecular flexibility index (Phi) is 6.19. The number of imide groups is 1. The average Bonchev–Trinajstić information content (AvgIpc) is 3.14. The van der Waals surface area contributed by atoms with Gasteiger partial charge in [0.2, 0.25) is 5.91 Å². The van der Waals surface area contributed by atoms with Crippen LogP contribution < -0.4 is 5.32 Å². The molecule has 2 heterocycles. The van der Waals surface area contributed by atoms with Crippen molar-refractivity contribution in [3.8, 4) is 0 Å². The normalized spacial score (nSPS) is 13.5. The van der Waals surface area contributed by atoms with Crippen molar-refractivity contribution in [3.05, 3.63) is 42.3 Å². The third-order valence-electron chi connectivity index (χ3n) is 3.76. The molecule has 7 nitrogen and oxygen atoms in total. The van der Waals surface area contributed by atoms with E-state index in [4.69, 9.17) is 46.4 Å². The highest BCUT2D eigenvalue weighted by molar-refractivity contribution is 7.13. The lowest BCUT2D eigenvalue weighted by Gasteiger charge is -2.12. The number of halogens is 4. The molecule has 0 radical (unpaired) electrons. The Labute approximate surface area is 184 Å². The molecule has 0 spiro atoms. The predicted molar refractivity (Wildman–Crippen MR) is 110 cm³/mol. The number of aromatic nitrogens is 1. The van der Waals surface area contributed by atoms with E-state index < -0.39 is 24.3 Å². The summed E-state index contributed by atoms with van der Waals surface area (Å²) < 4.78 is 0. The molecule has 0 atom stereocenters. The Hall–Kier alpha value is -1.42. The largest absolute Gasteiger partial charge is 0.304 e. The molecule has 1 aliphatic heterocycles. The van der Waals surface area contributed by atoms with Crippen LogP contribution in [0, 0.1) is 0 Å². The van der Waals surface area contributed by atoms with E-state index in [9.17, 15) is 14.4 Å². The molecule has 0 unspecified atom stereocenters. The maximum Gasteiger partial charge on any atom is 0.263 e. The summed E-state index contributed by atoms with van der Waals surface area (Å²) in [7, 11) is 3.79. The van der Waals surface area contributed by atoms with Crippen molar-refractivity contribution in [2.45, 2.75) is 6.54 Å². The minimum absolute atomic E-state index is 0.129. The van der Waals surface area contributed by atoms with Gasteiger partial charge in [-0.3, -0.25) is 19.3 Å². The van der Waals surface area contributed by atoms with E-state index >= 15 is 0 Å². The summed E-state index contributed by atoms with van der Waals surface area (Å²) in [6.07, 6.45) is 0. The molecule has 0 saturated carbocycles. The molecule has 3 amide bonds. The van der Waals surface area contributed by atoms with E-state index in [1.807, 2.05) is 19.0 Å². The lowest BCUT2D eigenvalue weighted by molar-refractivity contribution is -0.116. The Balaban J connectivity index is 1.78. The van der Waals surface area contributed by atoms with Gasteiger partial charge in [0, 0.05) is 11.9 Å². The lowest BCUT2D eigenvalue weighted by Crippen LogP contribution is -2.37. The lowest BCUT2D eigenvalue weighted by atomic mass is 10.1. The fraction of sp³-hybridized carbons (Fsp3) is 0.250. The van der Waals surface area contributed by atoms with Crippen molar-refractivity contribution in [3.63, 3.8) is 0 Å². The van der Waals surface area contributed by atoms with Crippen LogP contribution in [0.5, 0.6) is 0 Å². The number of rotatable bonds is 5. The molecule has 2 aromatic rings. The molecule has 1 aromatic carbocycles. The molecule has 1 N–H and O–H groups in total. The van der Waals surface area contributed by atoms with Crippen LogP contribution in [0.25, 0.3) is 0 Å². The van der Waals surface area contributed by atoms with Crippen LogP contribution in [-0.4, -0.2) is 53.1 Å². The van der Waals surface area contributed by atoms with E-state index in [0.717, 1.165) is 10.6 Å². The number of fused-ring (bicyclic) bond motifs is 1. The highest BCUT2D eigenvalue weighted by atomic mass is 35.5. The Morgan fingerprint density at radius 3 is 2.11 bits per heavy atom. The number of benzene rings is 1. The summed E-state index contributed by atoms with van der Waals surface area (Å²) in [6.45, 7) is 0.0835. The standard InChI is InChI=1S/C16H12Cl4N4O3S/c1-23(2)3-6-5-28-16(21-6)22-7(25)4-24-14(26)8-9(15(24)27)11(18)13(20)12(19)10(8)17/h5H,3-4H2,1-2H3,(H,21,22,25). The van der Waals surface area contributed by atoms with Crippen LogP contribution in [0.4, 0.5) is 5.13 Å². The van der Waals surface area contributed by atoms with Crippen LogP contribution in [0.15, 0.2) is 5.38 Å². The van der Waals surface area contributed by atoms with Crippen LogP contribution in [0.2, 0.25) is 20.1 Å². The number of anilines is 1. The smallest absolute Gasteiger partial charge is 0.263 e. The number of hydrogen-bond acceptors (Lipinski definition) is 6. The monoisotopic (exact) mass is 480 g/mol. The number of nitrogens with zero attached hydrogens (tertiary/aromatic N) is 3. The summed E-state index contributed by atoms with van der Waals surface area (Å²) in [5, 5.41) is 4.12. The number of nitrogens with one attached hydrogen (secondary N) is 1. The molecule has 148 valence electrons. The molecule has 1 aliphatic rings. The number of thiazole rings is 1. The first-order chi connectivity index (χ1) is 13.1. The molecule has 1 aromatic heterocycles. The van der Waals surface area contributed by atoms with Gasteiger partial charge in [-0.1, -0.05) is 46.4 Å².